The van der Waals surface area contributed by atoms with Gasteiger partial charge in [0.25, 0.3) is 6.43 Å². The van der Waals surface area contributed by atoms with E-state index >= 15 is 0 Å². The lowest BCUT2D eigenvalue weighted by Crippen LogP contribution is -2.40. The molecule has 1 atom stereocenters. The molecule has 1 amide bonds. The van der Waals surface area contributed by atoms with Crippen molar-refractivity contribution >= 4 is 17.4 Å². The highest BCUT2D eigenvalue weighted by molar-refractivity contribution is 6.05. The average molecular weight is 347 g/mol. The van der Waals surface area contributed by atoms with E-state index in [2.05, 4.69) is 0 Å². The van der Waals surface area contributed by atoms with Crippen molar-refractivity contribution in [3.63, 3.8) is 0 Å². The van der Waals surface area contributed by atoms with E-state index in [1.54, 1.807) is 24.3 Å². The number of carbonyl (C=O) groups excluding carboxylic acids is 2. The number of hydrogen-bond acceptors (Lipinski definition) is 2. The van der Waals surface area contributed by atoms with Crippen LogP contribution in [0.1, 0.15) is 34.7 Å². The second-order valence-corrected chi connectivity index (χ2v) is 5.92. The minimum absolute atomic E-state index is 0.0539. The molecule has 3 nitrogen and oxygen atoms in total. The van der Waals surface area contributed by atoms with Crippen LogP contribution in [-0.2, 0) is 4.79 Å². The van der Waals surface area contributed by atoms with Crippen LogP contribution in [0.2, 0.25) is 0 Å². The largest absolute Gasteiger partial charge is 0.306 e. The number of hydrogen-bond donors (Lipinski definition) is 0. The molecule has 0 spiro atoms. The molecule has 0 unspecified atom stereocenters. The Kier molecular flexibility index (Phi) is 4.88. The van der Waals surface area contributed by atoms with Crippen molar-refractivity contribution < 1.29 is 22.8 Å². The van der Waals surface area contributed by atoms with Gasteiger partial charge in [0.05, 0.1) is 12.5 Å². The van der Waals surface area contributed by atoms with Gasteiger partial charge in [0.15, 0.2) is 5.78 Å². The molecule has 0 fully saturated rings. The first kappa shape index (κ1) is 17.2. The van der Waals surface area contributed by atoms with Crippen LogP contribution in [0.25, 0.3) is 0 Å². The van der Waals surface area contributed by atoms with Gasteiger partial charge in [-0.3, -0.25) is 9.59 Å². The molecular formula is C19H16F3NO2. The van der Waals surface area contributed by atoms with Crippen LogP contribution in [0.3, 0.4) is 0 Å². The Hall–Kier alpha value is -2.63. The zero-order chi connectivity index (χ0) is 18.0. The number of fused-ring (bicyclic) bond motifs is 1. The molecule has 1 aliphatic rings. The van der Waals surface area contributed by atoms with Gasteiger partial charge >= 0.3 is 0 Å². The molecule has 25 heavy (non-hydrogen) atoms. The molecular weight excluding hydrogens is 331 g/mol. The number of ketones is 1. The van der Waals surface area contributed by atoms with Gasteiger partial charge in [-0.15, -0.1) is 0 Å². The van der Waals surface area contributed by atoms with Crippen LogP contribution in [0.5, 0.6) is 0 Å². The number of anilines is 1. The Morgan fingerprint density at radius 1 is 1.12 bits per heavy atom. The predicted molar refractivity (Wildman–Crippen MR) is 87.5 cm³/mol. The summed E-state index contributed by atoms with van der Waals surface area (Å²) in [4.78, 5) is 26.0. The Labute approximate surface area is 143 Å². The predicted octanol–water partition coefficient (Wildman–Crippen LogP) is 4.18. The lowest BCUT2D eigenvalue weighted by molar-refractivity contribution is -0.120. The number of halogens is 3. The van der Waals surface area contributed by atoms with Gasteiger partial charge in [-0.1, -0.05) is 24.3 Å². The Balaban J connectivity index is 1.97. The first-order valence-electron chi connectivity index (χ1n) is 7.94. The molecule has 6 heteroatoms. The molecule has 3 rings (SSSR count). The molecule has 0 bridgehead atoms. The highest BCUT2D eigenvalue weighted by Crippen LogP contribution is 2.34. The SMILES string of the molecule is O=C1CC[C@@H](C(=O)N(CC(F)F)c2ccc(F)cc2)c2ccccc21. The van der Waals surface area contributed by atoms with E-state index in [4.69, 9.17) is 0 Å². The molecule has 0 radical (unpaired) electrons. The van der Waals surface area contributed by atoms with E-state index in [-0.39, 0.29) is 24.3 Å². The van der Waals surface area contributed by atoms with Crippen LogP contribution >= 0.6 is 0 Å². The smallest absolute Gasteiger partial charge is 0.256 e. The molecule has 2 aromatic rings. The van der Waals surface area contributed by atoms with Gasteiger partial charge in [-0.05, 0) is 36.2 Å². The molecule has 1 aliphatic carbocycles. The minimum Gasteiger partial charge on any atom is -0.306 e. The zero-order valence-electron chi connectivity index (χ0n) is 13.3. The monoisotopic (exact) mass is 347 g/mol. The highest BCUT2D eigenvalue weighted by atomic mass is 19.3. The van der Waals surface area contributed by atoms with Crippen molar-refractivity contribution in [1.82, 2.24) is 0 Å². The summed E-state index contributed by atoms with van der Waals surface area (Å²) in [5.41, 5.74) is 1.23. The van der Waals surface area contributed by atoms with Gasteiger partial charge in [-0.25, -0.2) is 13.2 Å². The third-order valence-electron chi connectivity index (χ3n) is 4.32. The second-order valence-electron chi connectivity index (χ2n) is 5.92. The van der Waals surface area contributed by atoms with E-state index in [9.17, 15) is 22.8 Å². The normalized spacial score (nSPS) is 16.6. The number of alkyl halides is 2. The molecule has 2 aromatic carbocycles. The Morgan fingerprint density at radius 3 is 2.48 bits per heavy atom. The van der Waals surface area contributed by atoms with Gasteiger partial charge in [0.1, 0.15) is 5.82 Å². The van der Waals surface area contributed by atoms with Crippen molar-refractivity contribution in [2.45, 2.75) is 25.2 Å². The van der Waals surface area contributed by atoms with E-state index in [0.29, 0.717) is 11.1 Å². The fourth-order valence-corrected chi connectivity index (χ4v) is 3.15. The molecule has 0 aromatic heterocycles. The number of Topliss-reactive ketones (excluding diaryl/α,β-unsaturated/α-hetero) is 1. The van der Waals surface area contributed by atoms with Crippen LogP contribution in [0, 0.1) is 5.82 Å². The standard InChI is InChI=1S/C19H16F3NO2/c20-12-5-7-13(8-6-12)23(11-18(21)22)19(25)16-9-10-17(24)15-4-2-1-3-14(15)16/h1-8,16,18H,9-11H2/t16-/m1/s1. The van der Waals surface area contributed by atoms with Crippen molar-refractivity contribution in [2.24, 2.45) is 0 Å². The number of benzene rings is 2. The number of nitrogens with zero attached hydrogens (tertiary/aromatic N) is 1. The lowest BCUT2D eigenvalue weighted by Gasteiger charge is -2.30. The van der Waals surface area contributed by atoms with E-state index < -0.39 is 30.6 Å². The zero-order valence-corrected chi connectivity index (χ0v) is 13.3. The minimum atomic E-state index is -2.73. The molecule has 0 saturated carbocycles. The van der Waals surface area contributed by atoms with Gasteiger partial charge in [0.2, 0.25) is 5.91 Å². The third-order valence-corrected chi connectivity index (χ3v) is 4.32. The van der Waals surface area contributed by atoms with Crippen molar-refractivity contribution in [3.8, 4) is 0 Å². The van der Waals surface area contributed by atoms with Gasteiger partial charge < -0.3 is 4.90 Å². The second kappa shape index (κ2) is 7.09. The van der Waals surface area contributed by atoms with Crippen LogP contribution in [0.15, 0.2) is 48.5 Å². The Morgan fingerprint density at radius 2 is 1.80 bits per heavy atom. The average Bonchev–Trinajstić information content (AvgIpc) is 2.60. The molecule has 130 valence electrons. The first-order valence-corrected chi connectivity index (χ1v) is 7.94. The fourth-order valence-electron chi connectivity index (χ4n) is 3.15. The topological polar surface area (TPSA) is 37.4 Å². The summed E-state index contributed by atoms with van der Waals surface area (Å²) in [6.07, 6.45) is -2.26. The maximum Gasteiger partial charge on any atom is 0.256 e. The Bertz CT molecular complexity index is 790. The molecule has 0 aliphatic heterocycles. The van der Waals surface area contributed by atoms with Gasteiger partial charge in [-0.2, -0.15) is 0 Å². The third kappa shape index (κ3) is 3.57. The number of rotatable bonds is 4. The maximum atomic E-state index is 13.1. The van der Waals surface area contributed by atoms with E-state index in [1.807, 2.05) is 0 Å². The summed E-state index contributed by atoms with van der Waals surface area (Å²) >= 11 is 0. The van der Waals surface area contributed by atoms with Crippen molar-refractivity contribution in [3.05, 3.63) is 65.5 Å². The summed E-state index contributed by atoms with van der Waals surface area (Å²) in [7, 11) is 0. The summed E-state index contributed by atoms with van der Waals surface area (Å²) in [6, 6.07) is 11.6. The van der Waals surface area contributed by atoms with Gasteiger partial charge in [0, 0.05) is 17.7 Å². The first-order chi connectivity index (χ1) is 12.0. The summed E-state index contributed by atoms with van der Waals surface area (Å²) in [6.45, 7) is -0.781. The summed E-state index contributed by atoms with van der Waals surface area (Å²) < 4.78 is 39.1. The highest BCUT2D eigenvalue weighted by Gasteiger charge is 2.34. The fraction of sp³-hybridized carbons (Fsp3) is 0.263. The summed E-state index contributed by atoms with van der Waals surface area (Å²) in [5.74, 6) is -1.74. The van der Waals surface area contributed by atoms with Crippen molar-refractivity contribution in [2.75, 3.05) is 11.4 Å². The number of carbonyl (C=O) groups is 2. The van der Waals surface area contributed by atoms with Crippen molar-refractivity contribution in [1.29, 1.82) is 0 Å². The molecule has 0 heterocycles. The van der Waals surface area contributed by atoms with Crippen LogP contribution in [0.4, 0.5) is 18.9 Å². The maximum absolute atomic E-state index is 13.1. The quantitative estimate of drug-likeness (QED) is 0.832. The van der Waals surface area contributed by atoms with Crippen LogP contribution in [-0.4, -0.2) is 24.7 Å². The molecule has 0 N–H and O–H groups in total. The summed E-state index contributed by atoms with van der Waals surface area (Å²) in [5, 5.41) is 0. The number of amides is 1. The lowest BCUT2D eigenvalue weighted by atomic mass is 9.81. The van der Waals surface area contributed by atoms with E-state index in [1.165, 1.54) is 12.1 Å². The van der Waals surface area contributed by atoms with E-state index in [0.717, 1.165) is 17.0 Å². The molecule has 0 saturated heterocycles. The van der Waals surface area contributed by atoms with Crippen LogP contribution < -0.4 is 4.90 Å².